The monoisotopic (exact) mass is 273 g/mol. The standard InChI is InChI=1S/C17H23NO2/c19-16-10-13(11-16)12-18-8-6-15(7-9-18)17(20)14-4-2-1-3-5-14/h1-5,13,15-16,19H,6-12H2. The quantitative estimate of drug-likeness (QED) is 0.856. The van der Waals surface area contributed by atoms with Crippen LogP contribution in [0.3, 0.4) is 0 Å². The molecule has 1 saturated carbocycles. The molecule has 0 atom stereocenters. The minimum Gasteiger partial charge on any atom is -0.393 e. The molecule has 0 unspecified atom stereocenters. The highest BCUT2D eigenvalue weighted by Gasteiger charge is 2.31. The first-order chi connectivity index (χ1) is 9.72. The van der Waals surface area contributed by atoms with Crippen molar-refractivity contribution in [3.05, 3.63) is 35.9 Å². The number of ketones is 1. The first-order valence-corrected chi connectivity index (χ1v) is 7.72. The lowest BCUT2D eigenvalue weighted by Crippen LogP contribution is -2.43. The highest BCUT2D eigenvalue weighted by molar-refractivity contribution is 5.97. The summed E-state index contributed by atoms with van der Waals surface area (Å²) in [6.07, 6.45) is 3.81. The van der Waals surface area contributed by atoms with Crippen molar-refractivity contribution in [2.75, 3.05) is 19.6 Å². The van der Waals surface area contributed by atoms with Crippen LogP contribution in [0, 0.1) is 11.8 Å². The van der Waals surface area contributed by atoms with Crippen LogP contribution in [-0.2, 0) is 0 Å². The Morgan fingerprint density at radius 2 is 1.80 bits per heavy atom. The number of Topliss-reactive ketones (excluding diaryl/α,β-unsaturated/α-hetero) is 1. The fourth-order valence-electron chi connectivity index (χ4n) is 3.43. The Morgan fingerprint density at radius 1 is 1.15 bits per heavy atom. The van der Waals surface area contributed by atoms with E-state index in [9.17, 15) is 9.90 Å². The highest BCUT2D eigenvalue weighted by atomic mass is 16.3. The highest BCUT2D eigenvalue weighted by Crippen LogP contribution is 2.30. The van der Waals surface area contributed by atoms with Gasteiger partial charge in [-0.25, -0.2) is 0 Å². The number of rotatable bonds is 4. The van der Waals surface area contributed by atoms with Crippen LogP contribution >= 0.6 is 0 Å². The first kappa shape index (κ1) is 13.8. The Kier molecular flexibility index (Phi) is 4.18. The normalized spacial score (nSPS) is 28.1. The van der Waals surface area contributed by atoms with E-state index in [0.717, 1.165) is 50.9 Å². The van der Waals surface area contributed by atoms with Crippen molar-refractivity contribution in [3.8, 4) is 0 Å². The third-order valence-electron chi connectivity index (χ3n) is 4.74. The number of carbonyl (C=O) groups is 1. The lowest BCUT2D eigenvalue weighted by molar-refractivity contribution is 0.0188. The summed E-state index contributed by atoms with van der Waals surface area (Å²) in [5, 5.41) is 9.33. The van der Waals surface area contributed by atoms with Gasteiger partial charge in [-0.1, -0.05) is 30.3 Å². The molecule has 0 aromatic heterocycles. The second kappa shape index (κ2) is 6.06. The van der Waals surface area contributed by atoms with E-state index in [0.29, 0.717) is 11.7 Å². The molecule has 3 heteroatoms. The molecule has 0 radical (unpaired) electrons. The van der Waals surface area contributed by atoms with Crippen molar-refractivity contribution in [1.29, 1.82) is 0 Å². The van der Waals surface area contributed by atoms with Crippen LogP contribution in [0.5, 0.6) is 0 Å². The summed E-state index contributed by atoms with van der Waals surface area (Å²) < 4.78 is 0. The molecular formula is C17H23NO2. The minimum absolute atomic E-state index is 0.0582. The van der Waals surface area contributed by atoms with Gasteiger partial charge in [-0.15, -0.1) is 0 Å². The van der Waals surface area contributed by atoms with Gasteiger partial charge in [-0.05, 0) is 44.7 Å². The van der Waals surface area contributed by atoms with Crippen molar-refractivity contribution in [3.63, 3.8) is 0 Å². The zero-order valence-electron chi connectivity index (χ0n) is 11.9. The molecule has 2 aliphatic rings. The van der Waals surface area contributed by atoms with E-state index in [4.69, 9.17) is 0 Å². The fourth-order valence-corrected chi connectivity index (χ4v) is 3.43. The molecule has 1 saturated heterocycles. The van der Waals surface area contributed by atoms with Gasteiger partial charge in [0.1, 0.15) is 0 Å². The molecule has 1 aromatic carbocycles. The first-order valence-electron chi connectivity index (χ1n) is 7.72. The van der Waals surface area contributed by atoms with Gasteiger partial charge < -0.3 is 10.0 Å². The van der Waals surface area contributed by atoms with Crippen LogP contribution in [0.15, 0.2) is 30.3 Å². The topological polar surface area (TPSA) is 40.5 Å². The smallest absolute Gasteiger partial charge is 0.166 e. The van der Waals surface area contributed by atoms with Gasteiger partial charge in [0, 0.05) is 18.0 Å². The number of aliphatic hydroxyl groups excluding tert-OH is 1. The van der Waals surface area contributed by atoms with Crippen molar-refractivity contribution in [2.24, 2.45) is 11.8 Å². The average Bonchev–Trinajstić information content (AvgIpc) is 2.47. The Bertz CT molecular complexity index is 445. The van der Waals surface area contributed by atoms with Gasteiger partial charge in [-0.3, -0.25) is 4.79 Å². The maximum Gasteiger partial charge on any atom is 0.166 e. The second-order valence-corrected chi connectivity index (χ2v) is 6.30. The van der Waals surface area contributed by atoms with E-state index in [1.54, 1.807) is 0 Å². The molecule has 0 amide bonds. The molecule has 0 bridgehead atoms. The van der Waals surface area contributed by atoms with Crippen LogP contribution in [-0.4, -0.2) is 41.5 Å². The summed E-state index contributed by atoms with van der Waals surface area (Å²) in [6, 6.07) is 9.66. The molecule has 1 aromatic rings. The third kappa shape index (κ3) is 3.10. The van der Waals surface area contributed by atoms with Crippen molar-refractivity contribution in [2.45, 2.75) is 31.8 Å². The van der Waals surface area contributed by atoms with E-state index in [1.807, 2.05) is 30.3 Å². The summed E-state index contributed by atoms with van der Waals surface area (Å²) >= 11 is 0. The second-order valence-electron chi connectivity index (χ2n) is 6.30. The Hall–Kier alpha value is -1.19. The number of carbonyl (C=O) groups excluding carboxylic acids is 1. The van der Waals surface area contributed by atoms with Crippen molar-refractivity contribution >= 4 is 5.78 Å². The molecule has 1 aliphatic carbocycles. The number of benzene rings is 1. The van der Waals surface area contributed by atoms with Crippen LogP contribution in [0.25, 0.3) is 0 Å². The van der Waals surface area contributed by atoms with Crippen LogP contribution in [0.1, 0.15) is 36.0 Å². The summed E-state index contributed by atoms with van der Waals surface area (Å²) in [5.74, 6) is 1.18. The number of piperidine rings is 1. The van der Waals surface area contributed by atoms with Gasteiger partial charge in [0.15, 0.2) is 5.78 Å². The Balaban J connectivity index is 1.47. The lowest BCUT2D eigenvalue weighted by Gasteiger charge is -2.38. The van der Waals surface area contributed by atoms with Gasteiger partial charge >= 0.3 is 0 Å². The molecule has 3 nitrogen and oxygen atoms in total. The molecule has 108 valence electrons. The van der Waals surface area contributed by atoms with E-state index < -0.39 is 0 Å². The van der Waals surface area contributed by atoms with Gasteiger partial charge in [0.05, 0.1) is 6.10 Å². The van der Waals surface area contributed by atoms with Crippen LogP contribution in [0.4, 0.5) is 0 Å². The molecule has 1 N–H and O–H groups in total. The molecule has 0 spiro atoms. The summed E-state index contributed by atoms with van der Waals surface area (Å²) in [7, 11) is 0. The maximum atomic E-state index is 12.4. The van der Waals surface area contributed by atoms with E-state index in [-0.39, 0.29) is 12.0 Å². The molecular weight excluding hydrogens is 250 g/mol. The van der Waals surface area contributed by atoms with Crippen LogP contribution < -0.4 is 0 Å². The van der Waals surface area contributed by atoms with Crippen LogP contribution in [0.2, 0.25) is 0 Å². The average molecular weight is 273 g/mol. The molecule has 20 heavy (non-hydrogen) atoms. The summed E-state index contributed by atoms with van der Waals surface area (Å²) in [5.41, 5.74) is 0.855. The maximum absolute atomic E-state index is 12.4. The lowest BCUT2D eigenvalue weighted by atomic mass is 9.81. The Morgan fingerprint density at radius 3 is 2.40 bits per heavy atom. The predicted molar refractivity (Wildman–Crippen MR) is 78.7 cm³/mol. The molecule has 3 rings (SSSR count). The predicted octanol–water partition coefficient (Wildman–Crippen LogP) is 2.35. The summed E-state index contributed by atoms with van der Waals surface area (Å²) in [4.78, 5) is 14.9. The van der Waals surface area contributed by atoms with E-state index >= 15 is 0 Å². The number of nitrogens with zero attached hydrogens (tertiary/aromatic N) is 1. The Labute approximate surface area is 120 Å². The van der Waals surface area contributed by atoms with Crippen molar-refractivity contribution in [1.82, 2.24) is 4.90 Å². The zero-order valence-corrected chi connectivity index (χ0v) is 11.9. The van der Waals surface area contributed by atoms with E-state index in [2.05, 4.69) is 4.90 Å². The zero-order chi connectivity index (χ0) is 13.9. The van der Waals surface area contributed by atoms with Crippen molar-refractivity contribution < 1.29 is 9.90 Å². The van der Waals surface area contributed by atoms with Gasteiger partial charge in [0.2, 0.25) is 0 Å². The molecule has 1 heterocycles. The van der Waals surface area contributed by atoms with Gasteiger partial charge in [0.25, 0.3) is 0 Å². The van der Waals surface area contributed by atoms with Gasteiger partial charge in [-0.2, -0.15) is 0 Å². The minimum atomic E-state index is -0.0582. The molecule has 1 aliphatic heterocycles. The number of aliphatic hydroxyl groups is 1. The molecule has 2 fully saturated rings. The number of hydrogen-bond acceptors (Lipinski definition) is 3. The third-order valence-corrected chi connectivity index (χ3v) is 4.74. The van der Waals surface area contributed by atoms with E-state index in [1.165, 1.54) is 0 Å². The summed E-state index contributed by atoms with van der Waals surface area (Å²) in [6.45, 7) is 3.15. The fraction of sp³-hybridized carbons (Fsp3) is 0.588. The number of likely N-dealkylation sites (tertiary alicyclic amines) is 1. The number of hydrogen-bond donors (Lipinski definition) is 1. The largest absolute Gasteiger partial charge is 0.393 e. The SMILES string of the molecule is O=C(c1ccccc1)C1CCN(CC2CC(O)C2)CC1.